The average Bonchev–Trinajstić information content (AvgIpc) is 2.64. The summed E-state index contributed by atoms with van der Waals surface area (Å²) in [6, 6.07) is 5.90. The van der Waals surface area contributed by atoms with Crippen LogP contribution in [0.4, 0.5) is 5.69 Å². The SMILES string of the molecule is Cc1cc(NC(=O)CCC2CCNCC2)ccc1OC1CCOCC1. The molecule has 0 saturated carbocycles. The Kier molecular flexibility index (Phi) is 6.70. The van der Waals surface area contributed by atoms with Crippen LogP contribution in [-0.2, 0) is 9.53 Å². The number of amides is 1. The first kappa shape index (κ1) is 18.2. The molecule has 5 heteroatoms. The van der Waals surface area contributed by atoms with Crippen LogP contribution in [0.25, 0.3) is 0 Å². The summed E-state index contributed by atoms with van der Waals surface area (Å²) in [5.74, 6) is 1.69. The smallest absolute Gasteiger partial charge is 0.224 e. The average molecular weight is 346 g/mol. The first-order chi connectivity index (χ1) is 12.2. The minimum atomic E-state index is 0.107. The molecule has 138 valence electrons. The Morgan fingerprint density at radius 2 is 2.00 bits per heavy atom. The summed E-state index contributed by atoms with van der Waals surface area (Å²) in [5, 5.41) is 6.39. The van der Waals surface area contributed by atoms with E-state index in [1.165, 1.54) is 12.8 Å². The Hall–Kier alpha value is -1.59. The number of nitrogens with one attached hydrogen (secondary N) is 2. The number of aryl methyl sites for hydroxylation is 1. The van der Waals surface area contributed by atoms with Crippen molar-refractivity contribution in [1.29, 1.82) is 0 Å². The summed E-state index contributed by atoms with van der Waals surface area (Å²) in [7, 11) is 0. The topological polar surface area (TPSA) is 59.6 Å². The van der Waals surface area contributed by atoms with E-state index < -0.39 is 0 Å². The molecule has 2 saturated heterocycles. The van der Waals surface area contributed by atoms with Gasteiger partial charge in [-0.05, 0) is 69.0 Å². The van der Waals surface area contributed by atoms with Gasteiger partial charge in [0.15, 0.2) is 0 Å². The number of piperidine rings is 1. The van der Waals surface area contributed by atoms with E-state index in [2.05, 4.69) is 10.6 Å². The van der Waals surface area contributed by atoms with Gasteiger partial charge in [0.25, 0.3) is 0 Å². The van der Waals surface area contributed by atoms with Gasteiger partial charge in [-0.3, -0.25) is 4.79 Å². The number of carbonyl (C=O) groups is 1. The predicted molar refractivity (Wildman–Crippen MR) is 99.1 cm³/mol. The van der Waals surface area contributed by atoms with Crippen molar-refractivity contribution in [3.05, 3.63) is 23.8 Å². The van der Waals surface area contributed by atoms with Crippen molar-refractivity contribution in [2.75, 3.05) is 31.6 Å². The van der Waals surface area contributed by atoms with Crippen molar-refractivity contribution in [3.8, 4) is 5.75 Å². The molecule has 0 aliphatic carbocycles. The van der Waals surface area contributed by atoms with E-state index in [1.54, 1.807) is 0 Å². The Bertz CT molecular complexity index is 564. The van der Waals surface area contributed by atoms with Crippen molar-refractivity contribution >= 4 is 11.6 Å². The van der Waals surface area contributed by atoms with Crippen LogP contribution in [0.3, 0.4) is 0 Å². The minimum absolute atomic E-state index is 0.107. The van der Waals surface area contributed by atoms with Crippen molar-refractivity contribution in [1.82, 2.24) is 5.32 Å². The molecule has 5 nitrogen and oxygen atoms in total. The number of rotatable bonds is 6. The molecule has 3 rings (SSSR count). The highest BCUT2D eigenvalue weighted by Crippen LogP contribution is 2.25. The highest BCUT2D eigenvalue weighted by molar-refractivity contribution is 5.90. The molecule has 25 heavy (non-hydrogen) atoms. The Balaban J connectivity index is 1.47. The molecule has 0 atom stereocenters. The minimum Gasteiger partial charge on any atom is -0.490 e. The zero-order chi connectivity index (χ0) is 17.5. The first-order valence-corrected chi connectivity index (χ1v) is 9.56. The molecule has 2 aliphatic rings. The number of carbonyl (C=O) groups excluding carboxylic acids is 1. The monoisotopic (exact) mass is 346 g/mol. The third kappa shape index (κ3) is 5.72. The molecule has 2 aliphatic heterocycles. The molecular weight excluding hydrogens is 316 g/mol. The number of ether oxygens (including phenoxy) is 2. The van der Waals surface area contributed by atoms with Crippen LogP contribution in [0.2, 0.25) is 0 Å². The molecule has 1 aromatic carbocycles. The van der Waals surface area contributed by atoms with Crippen LogP contribution in [0.5, 0.6) is 5.75 Å². The van der Waals surface area contributed by atoms with E-state index in [0.717, 1.165) is 62.6 Å². The third-order valence-corrected chi connectivity index (χ3v) is 5.16. The standard InChI is InChI=1S/C20H30N2O3/c1-15-14-17(3-4-19(15)25-18-8-12-24-13-9-18)22-20(23)5-2-16-6-10-21-11-7-16/h3-4,14,16,18,21H,2,5-13H2,1H3,(H,22,23). The van der Waals surface area contributed by atoms with Crippen LogP contribution in [0.1, 0.15) is 44.1 Å². The lowest BCUT2D eigenvalue weighted by molar-refractivity contribution is -0.116. The summed E-state index contributed by atoms with van der Waals surface area (Å²) >= 11 is 0. The van der Waals surface area contributed by atoms with Crippen LogP contribution in [0, 0.1) is 12.8 Å². The highest BCUT2D eigenvalue weighted by Gasteiger charge is 2.17. The van der Waals surface area contributed by atoms with E-state index >= 15 is 0 Å². The predicted octanol–water partition coefficient (Wildman–Crippen LogP) is 3.27. The number of benzene rings is 1. The van der Waals surface area contributed by atoms with Gasteiger partial charge in [-0.25, -0.2) is 0 Å². The highest BCUT2D eigenvalue weighted by atomic mass is 16.5. The van der Waals surface area contributed by atoms with Gasteiger partial charge in [0, 0.05) is 24.9 Å². The maximum atomic E-state index is 12.2. The molecule has 0 unspecified atom stereocenters. The van der Waals surface area contributed by atoms with E-state index in [4.69, 9.17) is 9.47 Å². The van der Waals surface area contributed by atoms with Gasteiger partial charge in [0.1, 0.15) is 11.9 Å². The molecule has 0 spiro atoms. The van der Waals surface area contributed by atoms with Crippen molar-refractivity contribution < 1.29 is 14.3 Å². The van der Waals surface area contributed by atoms with Crippen LogP contribution < -0.4 is 15.4 Å². The first-order valence-electron chi connectivity index (χ1n) is 9.56. The molecule has 2 N–H and O–H groups in total. The lowest BCUT2D eigenvalue weighted by atomic mass is 9.93. The van der Waals surface area contributed by atoms with E-state index in [1.807, 2.05) is 25.1 Å². The maximum Gasteiger partial charge on any atom is 0.224 e. The number of anilines is 1. The molecule has 1 aromatic rings. The van der Waals surface area contributed by atoms with E-state index in [0.29, 0.717) is 12.3 Å². The summed E-state index contributed by atoms with van der Waals surface area (Å²) in [6.45, 7) is 5.74. The summed E-state index contributed by atoms with van der Waals surface area (Å²) < 4.78 is 11.4. The van der Waals surface area contributed by atoms with Crippen molar-refractivity contribution in [2.45, 2.75) is 51.6 Å². The Morgan fingerprint density at radius 3 is 2.72 bits per heavy atom. The molecule has 2 fully saturated rings. The number of hydrogen-bond donors (Lipinski definition) is 2. The van der Waals surface area contributed by atoms with Gasteiger partial charge in [-0.1, -0.05) is 0 Å². The lowest BCUT2D eigenvalue weighted by Gasteiger charge is -2.24. The molecular formula is C20H30N2O3. The van der Waals surface area contributed by atoms with Crippen LogP contribution >= 0.6 is 0 Å². The fourth-order valence-corrected chi connectivity index (χ4v) is 3.56. The number of hydrogen-bond acceptors (Lipinski definition) is 4. The van der Waals surface area contributed by atoms with Gasteiger partial charge in [0.05, 0.1) is 13.2 Å². The van der Waals surface area contributed by atoms with Crippen molar-refractivity contribution in [2.24, 2.45) is 5.92 Å². The van der Waals surface area contributed by atoms with Gasteiger partial charge < -0.3 is 20.1 Å². The molecule has 0 aromatic heterocycles. The molecule has 0 radical (unpaired) electrons. The fraction of sp³-hybridized carbons (Fsp3) is 0.650. The van der Waals surface area contributed by atoms with Crippen LogP contribution in [0.15, 0.2) is 18.2 Å². The summed E-state index contributed by atoms with van der Waals surface area (Å²) in [5.41, 5.74) is 1.91. The maximum absolute atomic E-state index is 12.2. The van der Waals surface area contributed by atoms with Gasteiger partial charge in [-0.2, -0.15) is 0 Å². The molecule has 2 heterocycles. The molecule has 1 amide bonds. The van der Waals surface area contributed by atoms with E-state index in [9.17, 15) is 4.79 Å². The second-order valence-electron chi connectivity index (χ2n) is 7.19. The second kappa shape index (κ2) is 9.20. The Morgan fingerprint density at radius 1 is 1.24 bits per heavy atom. The van der Waals surface area contributed by atoms with Crippen LogP contribution in [-0.4, -0.2) is 38.3 Å². The summed E-state index contributed by atoms with van der Waals surface area (Å²) in [6.07, 6.45) is 6.07. The fourth-order valence-electron chi connectivity index (χ4n) is 3.56. The quantitative estimate of drug-likeness (QED) is 0.830. The largest absolute Gasteiger partial charge is 0.490 e. The van der Waals surface area contributed by atoms with Gasteiger partial charge in [-0.15, -0.1) is 0 Å². The van der Waals surface area contributed by atoms with Gasteiger partial charge in [0.2, 0.25) is 5.91 Å². The van der Waals surface area contributed by atoms with Crippen molar-refractivity contribution in [3.63, 3.8) is 0 Å². The molecule has 0 bridgehead atoms. The van der Waals surface area contributed by atoms with Gasteiger partial charge >= 0.3 is 0 Å². The summed E-state index contributed by atoms with van der Waals surface area (Å²) in [4.78, 5) is 12.2. The zero-order valence-corrected chi connectivity index (χ0v) is 15.2. The van der Waals surface area contributed by atoms with E-state index in [-0.39, 0.29) is 12.0 Å². The third-order valence-electron chi connectivity index (χ3n) is 5.16. The zero-order valence-electron chi connectivity index (χ0n) is 15.2. The Labute approximate surface area is 150 Å². The second-order valence-corrected chi connectivity index (χ2v) is 7.19. The normalized spacial score (nSPS) is 19.6. The lowest BCUT2D eigenvalue weighted by Crippen LogP contribution is -2.28.